The summed E-state index contributed by atoms with van der Waals surface area (Å²) in [5, 5.41) is 8.74. The molecule has 1 saturated heterocycles. The fourth-order valence-corrected chi connectivity index (χ4v) is 2.61. The number of rotatable bonds is 7. The van der Waals surface area contributed by atoms with Gasteiger partial charge in [0.2, 0.25) is 0 Å². The third kappa shape index (κ3) is 5.40. The Balaban J connectivity index is 1.60. The Morgan fingerprint density at radius 1 is 1.15 bits per heavy atom. The van der Waals surface area contributed by atoms with Gasteiger partial charge in [0.25, 0.3) is 0 Å². The number of aliphatic hydroxyl groups is 1. The number of ether oxygens (including phenoxy) is 2. The first kappa shape index (κ1) is 15.8. The Kier molecular flexibility index (Phi) is 6.79. The molecule has 112 valence electrons. The highest BCUT2D eigenvalue weighted by molar-refractivity contribution is 9.10. The van der Waals surface area contributed by atoms with E-state index < -0.39 is 0 Å². The maximum Gasteiger partial charge on any atom is 0.119 e. The highest BCUT2D eigenvalue weighted by Crippen LogP contribution is 2.17. The van der Waals surface area contributed by atoms with Gasteiger partial charge in [0, 0.05) is 24.1 Å². The summed E-state index contributed by atoms with van der Waals surface area (Å²) in [5.41, 5.74) is 0. The number of halogens is 1. The van der Waals surface area contributed by atoms with E-state index in [2.05, 4.69) is 20.8 Å². The molecule has 5 heteroatoms. The van der Waals surface area contributed by atoms with Crippen LogP contribution >= 0.6 is 15.9 Å². The van der Waals surface area contributed by atoms with Crippen LogP contribution in [0, 0.1) is 0 Å². The van der Waals surface area contributed by atoms with Gasteiger partial charge < -0.3 is 14.6 Å². The van der Waals surface area contributed by atoms with Gasteiger partial charge >= 0.3 is 0 Å². The van der Waals surface area contributed by atoms with E-state index in [0.717, 1.165) is 42.7 Å². The summed E-state index contributed by atoms with van der Waals surface area (Å²) in [6, 6.07) is 7.91. The molecule has 0 amide bonds. The summed E-state index contributed by atoms with van der Waals surface area (Å²) >= 11 is 3.41. The Morgan fingerprint density at radius 3 is 2.50 bits per heavy atom. The van der Waals surface area contributed by atoms with Crippen molar-refractivity contribution in [2.75, 3.05) is 39.5 Å². The summed E-state index contributed by atoms with van der Waals surface area (Å²) in [6.07, 6.45) is 2.39. The number of hydrogen-bond donors (Lipinski definition) is 1. The average Bonchev–Trinajstić information content (AvgIpc) is 2.48. The highest BCUT2D eigenvalue weighted by atomic mass is 79.9. The molecule has 0 saturated carbocycles. The van der Waals surface area contributed by atoms with Gasteiger partial charge in [-0.3, -0.25) is 4.90 Å². The first-order valence-electron chi connectivity index (χ1n) is 7.11. The quantitative estimate of drug-likeness (QED) is 0.824. The lowest BCUT2D eigenvalue weighted by atomic mass is 10.1. The van der Waals surface area contributed by atoms with Crippen LogP contribution in [0.25, 0.3) is 0 Å². The van der Waals surface area contributed by atoms with Crippen molar-refractivity contribution in [2.24, 2.45) is 0 Å². The minimum Gasteiger partial charge on any atom is -0.492 e. The predicted octanol–water partition coefficient (Wildman–Crippen LogP) is 2.30. The van der Waals surface area contributed by atoms with Crippen molar-refractivity contribution >= 4 is 15.9 Å². The second kappa shape index (κ2) is 8.62. The molecule has 1 aromatic rings. The lowest BCUT2D eigenvalue weighted by molar-refractivity contribution is -0.00923. The fraction of sp³-hybridized carbons (Fsp3) is 0.600. The van der Waals surface area contributed by atoms with E-state index in [1.165, 1.54) is 0 Å². The third-order valence-electron chi connectivity index (χ3n) is 3.47. The number of likely N-dealkylation sites (tertiary alicyclic amines) is 1. The number of benzene rings is 1. The number of piperidine rings is 1. The predicted molar refractivity (Wildman–Crippen MR) is 82.1 cm³/mol. The van der Waals surface area contributed by atoms with Crippen molar-refractivity contribution in [3.63, 3.8) is 0 Å². The van der Waals surface area contributed by atoms with Crippen molar-refractivity contribution in [2.45, 2.75) is 18.9 Å². The highest BCUT2D eigenvalue weighted by Gasteiger charge is 2.19. The molecule has 1 aromatic carbocycles. The van der Waals surface area contributed by atoms with E-state index in [0.29, 0.717) is 19.3 Å². The lowest BCUT2D eigenvalue weighted by Gasteiger charge is -2.31. The zero-order valence-corrected chi connectivity index (χ0v) is 13.2. The molecule has 1 fully saturated rings. The van der Waals surface area contributed by atoms with Gasteiger partial charge in [-0.15, -0.1) is 0 Å². The molecule has 4 nitrogen and oxygen atoms in total. The van der Waals surface area contributed by atoms with Crippen molar-refractivity contribution < 1.29 is 14.6 Å². The normalized spacial score (nSPS) is 17.3. The molecule has 1 N–H and O–H groups in total. The topological polar surface area (TPSA) is 41.9 Å². The summed E-state index contributed by atoms with van der Waals surface area (Å²) in [5.74, 6) is 0.911. The third-order valence-corrected chi connectivity index (χ3v) is 4.00. The molecule has 1 heterocycles. The van der Waals surface area contributed by atoms with Gasteiger partial charge in [0.1, 0.15) is 12.4 Å². The average molecular weight is 344 g/mol. The van der Waals surface area contributed by atoms with Gasteiger partial charge in [0.15, 0.2) is 0 Å². The SMILES string of the molecule is OCCOC1CCN(CCOc2ccc(Br)cc2)CC1. The van der Waals surface area contributed by atoms with Crippen LogP contribution in [-0.2, 0) is 4.74 Å². The van der Waals surface area contributed by atoms with Crippen molar-refractivity contribution in [3.05, 3.63) is 28.7 Å². The minimum atomic E-state index is 0.112. The molecule has 0 spiro atoms. The van der Waals surface area contributed by atoms with Crippen molar-refractivity contribution in [3.8, 4) is 5.75 Å². The number of hydrogen-bond acceptors (Lipinski definition) is 4. The van der Waals surface area contributed by atoms with Crippen LogP contribution in [0.15, 0.2) is 28.7 Å². The first-order valence-corrected chi connectivity index (χ1v) is 7.90. The molecule has 0 aliphatic carbocycles. The van der Waals surface area contributed by atoms with E-state index in [9.17, 15) is 0 Å². The molecule has 1 aliphatic heterocycles. The zero-order valence-electron chi connectivity index (χ0n) is 11.6. The summed E-state index contributed by atoms with van der Waals surface area (Å²) in [6.45, 7) is 4.31. The van der Waals surface area contributed by atoms with Gasteiger partial charge in [-0.2, -0.15) is 0 Å². The monoisotopic (exact) mass is 343 g/mol. The molecule has 0 bridgehead atoms. The van der Waals surface area contributed by atoms with Crippen molar-refractivity contribution in [1.82, 2.24) is 4.90 Å². The smallest absolute Gasteiger partial charge is 0.119 e. The second-order valence-electron chi connectivity index (χ2n) is 4.94. The Hall–Kier alpha value is -0.620. The molecule has 0 radical (unpaired) electrons. The van der Waals surface area contributed by atoms with Crippen LogP contribution in [0.1, 0.15) is 12.8 Å². The van der Waals surface area contributed by atoms with E-state index in [-0.39, 0.29) is 6.61 Å². The number of aliphatic hydroxyl groups excluding tert-OH is 1. The molecule has 2 rings (SSSR count). The zero-order chi connectivity index (χ0) is 14.2. The Morgan fingerprint density at radius 2 is 1.85 bits per heavy atom. The van der Waals surface area contributed by atoms with E-state index in [4.69, 9.17) is 14.6 Å². The van der Waals surface area contributed by atoms with E-state index in [1.54, 1.807) is 0 Å². The maximum atomic E-state index is 8.74. The Labute approximate surface area is 128 Å². The molecule has 1 aliphatic rings. The first-order chi connectivity index (χ1) is 9.78. The van der Waals surface area contributed by atoms with Crippen LogP contribution in [0.4, 0.5) is 0 Å². The van der Waals surface area contributed by atoms with Crippen LogP contribution < -0.4 is 4.74 Å². The van der Waals surface area contributed by atoms with Gasteiger partial charge in [0.05, 0.1) is 19.3 Å². The van der Waals surface area contributed by atoms with Gasteiger partial charge in [-0.05, 0) is 37.1 Å². The standard InChI is InChI=1S/C15H22BrNO3/c16-13-1-3-14(4-2-13)19-11-9-17-7-5-15(6-8-17)20-12-10-18/h1-4,15,18H,5-12H2. The summed E-state index contributed by atoms with van der Waals surface area (Å²) in [7, 11) is 0. The molecule has 0 unspecified atom stereocenters. The van der Waals surface area contributed by atoms with Crippen LogP contribution in [-0.4, -0.2) is 55.6 Å². The molecule has 0 aromatic heterocycles. The Bertz CT molecular complexity index is 377. The molecular formula is C15H22BrNO3. The van der Waals surface area contributed by atoms with Gasteiger partial charge in [-0.25, -0.2) is 0 Å². The lowest BCUT2D eigenvalue weighted by Crippen LogP contribution is -2.39. The van der Waals surface area contributed by atoms with E-state index in [1.807, 2.05) is 24.3 Å². The van der Waals surface area contributed by atoms with Crippen LogP contribution in [0.3, 0.4) is 0 Å². The number of nitrogens with zero attached hydrogens (tertiary/aromatic N) is 1. The second-order valence-corrected chi connectivity index (χ2v) is 5.85. The molecular weight excluding hydrogens is 322 g/mol. The van der Waals surface area contributed by atoms with Gasteiger partial charge in [-0.1, -0.05) is 15.9 Å². The summed E-state index contributed by atoms with van der Waals surface area (Å²) < 4.78 is 12.3. The fourth-order valence-electron chi connectivity index (χ4n) is 2.34. The van der Waals surface area contributed by atoms with Crippen LogP contribution in [0.2, 0.25) is 0 Å². The van der Waals surface area contributed by atoms with Crippen molar-refractivity contribution in [1.29, 1.82) is 0 Å². The molecule has 0 atom stereocenters. The maximum absolute atomic E-state index is 8.74. The minimum absolute atomic E-state index is 0.112. The summed E-state index contributed by atoms with van der Waals surface area (Å²) in [4.78, 5) is 2.40. The molecule has 20 heavy (non-hydrogen) atoms. The van der Waals surface area contributed by atoms with Crippen LogP contribution in [0.5, 0.6) is 5.75 Å². The largest absolute Gasteiger partial charge is 0.492 e. The van der Waals surface area contributed by atoms with E-state index >= 15 is 0 Å².